The number of hydrogen-bond acceptors (Lipinski definition) is 3. The van der Waals surface area contributed by atoms with Gasteiger partial charge in [0.1, 0.15) is 5.82 Å². The van der Waals surface area contributed by atoms with Gasteiger partial charge in [-0.3, -0.25) is 4.98 Å². The van der Waals surface area contributed by atoms with Crippen LogP contribution in [0.25, 0.3) is 0 Å². The maximum Gasteiger partial charge on any atom is 0.141 e. The Morgan fingerprint density at radius 1 is 0.852 bits per heavy atom. The lowest BCUT2D eigenvalue weighted by atomic mass is 10.1. The van der Waals surface area contributed by atoms with E-state index in [2.05, 4.69) is 56.2 Å². The lowest BCUT2D eigenvalue weighted by Crippen LogP contribution is -2.06. The summed E-state index contributed by atoms with van der Waals surface area (Å²) in [5, 5.41) is 3.34. The summed E-state index contributed by atoms with van der Waals surface area (Å²) < 4.78 is 12.7. The number of aryl methyl sites for hydroxylation is 4. The molecule has 3 aromatic rings. The van der Waals surface area contributed by atoms with Gasteiger partial charge in [0.2, 0.25) is 0 Å². The number of halogens is 1. The lowest BCUT2D eigenvalue weighted by Gasteiger charge is -2.08. The van der Waals surface area contributed by atoms with Crippen LogP contribution in [-0.4, -0.2) is 11.5 Å². The van der Waals surface area contributed by atoms with E-state index in [1.807, 2.05) is 18.2 Å². The van der Waals surface area contributed by atoms with Crippen molar-refractivity contribution in [1.29, 1.82) is 0 Å². The molecule has 1 heterocycles. The van der Waals surface area contributed by atoms with Crippen LogP contribution in [-0.2, 0) is 6.42 Å². The van der Waals surface area contributed by atoms with Crippen molar-refractivity contribution < 1.29 is 4.39 Å². The molecule has 0 atom stereocenters. The van der Waals surface area contributed by atoms with Crippen LogP contribution < -0.4 is 11.1 Å². The van der Waals surface area contributed by atoms with Crippen molar-refractivity contribution in [2.45, 2.75) is 34.1 Å². The second-order valence-electron chi connectivity index (χ2n) is 6.79. The molecule has 0 saturated heterocycles. The smallest absolute Gasteiger partial charge is 0.141 e. The molecule has 0 amide bonds. The standard InChI is InChI=1S/C15H17FN2.C8H11N/c1-11-3-5-15(9-12(11)2)17-8-7-14-6-4-13(16)10-18-14;1-6-3-4-8(9)5-7(6)2/h3-6,9-10,17H,7-8H2,1-2H3;3-5H,9H2,1-2H3. The van der Waals surface area contributed by atoms with E-state index in [0.29, 0.717) is 0 Å². The maximum absolute atomic E-state index is 12.7. The number of pyridine rings is 1. The molecule has 3 nitrogen and oxygen atoms in total. The minimum atomic E-state index is -0.291. The highest BCUT2D eigenvalue weighted by Gasteiger charge is 1.98. The first-order valence-corrected chi connectivity index (χ1v) is 9.09. The van der Waals surface area contributed by atoms with Gasteiger partial charge >= 0.3 is 0 Å². The van der Waals surface area contributed by atoms with Crippen LogP contribution in [0.1, 0.15) is 27.9 Å². The monoisotopic (exact) mass is 365 g/mol. The molecule has 2 aromatic carbocycles. The molecule has 0 spiro atoms. The van der Waals surface area contributed by atoms with Gasteiger partial charge in [-0.25, -0.2) is 4.39 Å². The zero-order valence-corrected chi connectivity index (χ0v) is 16.5. The normalized spacial score (nSPS) is 10.1. The summed E-state index contributed by atoms with van der Waals surface area (Å²) in [6.45, 7) is 9.13. The highest BCUT2D eigenvalue weighted by molar-refractivity contribution is 5.48. The number of nitrogen functional groups attached to an aromatic ring is 1. The van der Waals surface area contributed by atoms with E-state index in [0.717, 1.165) is 30.0 Å². The molecule has 0 aliphatic carbocycles. The summed E-state index contributed by atoms with van der Waals surface area (Å²) in [5.41, 5.74) is 13.5. The highest BCUT2D eigenvalue weighted by atomic mass is 19.1. The molecular formula is C23H28FN3. The van der Waals surface area contributed by atoms with Gasteiger partial charge in [-0.2, -0.15) is 0 Å². The van der Waals surface area contributed by atoms with E-state index in [1.165, 1.54) is 34.5 Å². The van der Waals surface area contributed by atoms with Crippen LogP contribution in [0, 0.1) is 33.5 Å². The van der Waals surface area contributed by atoms with E-state index in [1.54, 1.807) is 6.07 Å². The van der Waals surface area contributed by atoms with Crippen LogP contribution in [0.3, 0.4) is 0 Å². The van der Waals surface area contributed by atoms with Crippen LogP contribution in [0.2, 0.25) is 0 Å². The predicted molar refractivity (Wildman–Crippen MR) is 113 cm³/mol. The van der Waals surface area contributed by atoms with Crippen LogP contribution in [0.4, 0.5) is 15.8 Å². The number of nitrogens with two attached hydrogens (primary N) is 1. The van der Waals surface area contributed by atoms with E-state index in [4.69, 9.17) is 5.73 Å². The molecule has 0 aliphatic heterocycles. The van der Waals surface area contributed by atoms with Crippen LogP contribution >= 0.6 is 0 Å². The zero-order valence-electron chi connectivity index (χ0n) is 16.5. The average molecular weight is 365 g/mol. The molecule has 0 saturated carbocycles. The predicted octanol–water partition coefficient (Wildman–Crippen LogP) is 5.38. The van der Waals surface area contributed by atoms with Crippen molar-refractivity contribution in [2.24, 2.45) is 0 Å². The van der Waals surface area contributed by atoms with Crippen molar-refractivity contribution in [3.63, 3.8) is 0 Å². The Morgan fingerprint density at radius 2 is 1.52 bits per heavy atom. The van der Waals surface area contributed by atoms with Gasteiger partial charge in [0, 0.05) is 30.0 Å². The van der Waals surface area contributed by atoms with Gasteiger partial charge in [-0.1, -0.05) is 12.1 Å². The van der Waals surface area contributed by atoms with Gasteiger partial charge < -0.3 is 11.1 Å². The Kier molecular flexibility index (Phi) is 7.35. The molecule has 4 heteroatoms. The number of anilines is 2. The number of rotatable bonds is 4. The van der Waals surface area contributed by atoms with Crippen LogP contribution in [0.15, 0.2) is 54.7 Å². The Labute approximate surface area is 161 Å². The maximum atomic E-state index is 12.7. The Hall–Kier alpha value is -2.88. The molecule has 0 unspecified atom stereocenters. The van der Waals surface area contributed by atoms with Gasteiger partial charge in [0.25, 0.3) is 0 Å². The zero-order chi connectivity index (χ0) is 19.8. The number of hydrogen-bond donors (Lipinski definition) is 2. The molecule has 142 valence electrons. The topological polar surface area (TPSA) is 50.9 Å². The average Bonchev–Trinajstić information content (AvgIpc) is 2.64. The number of nitrogens with one attached hydrogen (secondary N) is 1. The molecule has 0 bridgehead atoms. The van der Waals surface area contributed by atoms with E-state index < -0.39 is 0 Å². The summed E-state index contributed by atoms with van der Waals surface area (Å²) in [6, 6.07) is 15.4. The summed E-state index contributed by atoms with van der Waals surface area (Å²) in [5.74, 6) is -0.291. The van der Waals surface area contributed by atoms with E-state index in [9.17, 15) is 4.39 Å². The molecule has 1 aromatic heterocycles. The molecule has 3 rings (SSSR count). The molecular weight excluding hydrogens is 337 g/mol. The van der Waals surface area contributed by atoms with Gasteiger partial charge in [-0.15, -0.1) is 0 Å². The van der Waals surface area contributed by atoms with Crippen molar-refractivity contribution >= 4 is 11.4 Å². The molecule has 3 N–H and O–H groups in total. The lowest BCUT2D eigenvalue weighted by molar-refractivity contribution is 0.619. The second-order valence-corrected chi connectivity index (χ2v) is 6.79. The fourth-order valence-electron chi connectivity index (χ4n) is 2.51. The fourth-order valence-corrected chi connectivity index (χ4v) is 2.51. The van der Waals surface area contributed by atoms with Crippen molar-refractivity contribution in [2.75, 3.05) is 17.6 Å². The first kappa shape index (κ1) is 20.4. The Balaban J connectivity index is 0.000000244. The molecule has 0 aliphatic rings. The van der Waals surface area contributed by atoms with E-state index >= 15 is 0 Å². The van der Waals surface area contributed by atoms with Gasteiger partial charge in [-0.05, 0) is 86.3 Å². The summed E-state index contributed by atoms with van der Waals surface area (Å²) in [6.07, 6.45) is 2.04. The second kappa shape index (κ2) is 9.72. The molecule has 0 fully saturated rings. The summed E-state index contributed by atoms with van der Waals surface area (Å²) in [4.78, 5) is 4.03. The summed E-state index contributed by atoms with van der Waals surface area (Å²) >= 11 is 0. The highest BCUT2D eigenvalue weighted by Crippen LogP contribution is 2.14. The first-order valence-electron chi connectivity index (χ1n) is 9.09. The minimum absolute atomic E-state index is 0.291. The van der Waals surface area contributed by atoms with Crippen molar-refractivity contribution in [1.82, 2.24) is 4.98 Å². The van der Waals surface area contributed by atoms with Crippen LogP contribution in [0.5, 0.6) is 0 Å². The van der Waals surface area contributed by atoms with E-state index in [-0.39, 0.29) is 5.82 Å². The van der Waals surface area contributed by atoms with Gasteiger partial charge in [0.15, 0.2) is 0 Å². The number of aromatic nitrogens is 1. The Bertz CT molecular complexity index is 873. The number of benzene rings is 2. The third kappa shape index (κ3) is 6.74. The SMILES string of the molecule is Cc1ccc(N)cc1C.Cc1ccc(NCCc2ccc(F)cn2)cc1C. The summed E-state index contributed by atoms with van der Waals surface area (Å²) in [7, 11) is 0. The largest absolute Gasteiger partial charge is 0.399 e. The minimum Gasteiger partial charge on any atom is -0.399 e. The molecule has 27 heavy (non-hydrogen) atoms. The fraction of sp³-hybridized carbons (Fsp3) is 0.261. The van der Waals surface area contributed by atoms with Gasteiger partial charge in [0.05, 0.1) is 6.20 Å². The molecule has 0 radical (unpaired) electrons. The third-order valence-electron chi connectivity index (χ3n) is 4.54. The van der Waals surface area contributed by atoms with Crippen molar-refractivity contribution in [3.8, 4) is 0 Å². The third-order valence-corrected chi connectivity index (χ3v) is 4.54. The van der Waals surface area contributed by atoms with Crippen molar-refractivity contribution in [3.05, 3.63) is 88.5 Å². The first-order chi connectivity index (χ1) is 12.8. The number of nitrogens with zero attached hydrogens (tertiary/aromatic N) is 1. The quantitative estimate of drug-likeness (QED) is 0.611. The Morgan fingerprint density at radius 3 is 2.07 bits per heavy atom.